The van der Waals surface area contributed by atoms with Crippen molar-refractivity contribution >= 4 is 0 Å². The van der Waals surface area contributed by atoms with Crippen LogP contribution in [0.1, 0.15) is 59.3 Å². The van der Waals surface area contributed by atoms with Crippen molar-refractivity contribution in [2.24, 2.45) is 11.3 Å². The molecule has 2 rings (SSSR count). The quantitative estimate of drug-likeness (QED) is 0.780. The molecule has 0 bridgehead atoms. The molecule has 0 aromatic rings. The van der Waals surface area contributed by atoms with Crippen molar-refractivity contribution in [3.8, 4) is 0 Å². The van der Waals surface area contributed by atoms with E-state index in [9.17, 15) is 0 Å². The van der Waals surface area contributed by atoms with Gasteiger partial charge in [0.15, 0.2) is 0 Å². The Morgan fingerprint density at radius 2 is 1.95 bits per heavy atom. The van der Waals surface area contributed by atoms with E-state index in [2.05, 4.69) is 38.0 Å². The lowest BCUT2D eigenvalue weighted by molar-refractivity contribution is 0.0810. The summed E-state index contributed by atoms with van der Waals surface area (Å²) >= 11 is 0. The van der Waals surface area contributed by atoms with Gasteiger partial charge in [0.25, 0.3) is 0 Å². The maximum atomic E-state index is 5.75. The van der Waals surface area contributed by atoms with E-state index in [1.165, 1.54) is 45.1 Å². The third kappa shape index (κ3) is 4.94. The molecule has 1 unspecified atom stereocenters. The van der Waals surface area contributed by atoms with Crippen LogP contribution >= 0.6 is 0 Å². The van der Waals surface area contributed by atoms with Gasteiger partial charge in [-0.3, -0.25) is 0 Å². The van der Waals surface area contributed by atoms with Crippen LogP contribution in [0, 0.1) is 11.3 Å². The Morgan fingerprint density at radius 1 is 1.24 bits per heavy atom. The van der Waals surface area contributed by atoms with Gasteiger partial charge in [-0.15, -0.1) is 0 Å². The number of ether oxygens (including phenoxy) is 1. The maximum absolute atomic E-state index is 5.75. The molecule has 3 heteroatoms. The predicted molar refractivity (Wildman–Crippen MR) is 89.7 cm³/mol. The first-order chi connectivity index (χ1) is 10.0. The Bertz CT molecular complexity index is 292. The highest BCUT2D eigenvalue weighted by Crippen LogP contribution is 2.33. The second-order valence-electron chi connectivity index (χ2n) is 7.84. The lowest BCUT2D eigenvalue weighted by Crippen LogP contribution is -2.48. The molecule has 0 aromatic carbocycles. The number of hydrogen-bond acceptors (Lipinski definition) is 3. The minimum atomic E-state index is 0.334. The Hall–Kier alpha value is -0.120. The summed E-state index contributed by atoms with van der Waals surface area (Å²) in [5, 5.41) is 3.65. The van der Waals surface area contributed by atoms with E-state index in [0.29, 0.717) is 11.5 Å². The normalized spacial score (nSPS) is 34.0. The highest BCUT2D eigenvalue weighted by molar-refractivity contribution is 4.90. The van der Waals surface area contributed by atoms with Crippen molar-refractivity contribution < 1.29 is 4.74 Å². The predicted octanol–water partition coefficient (Wildman–Crippen LogP) is 3.29. The Labute approximate surface area is 131 Å². The minimum absolute atomic E-state index is 0.334. The van der Waals surface area contributed by atoms with Crippen LogP contribution in [0.15, 0.2) is 0 Å². The van der Waals surface area contributed by atoms with Gasteiger partial charge in [-0.05, 0) is 45.1 Å². The summed E-state index contributed by atoms with van der Waals surface area (Å²) in [6.45, 7) is 11.0. The van der Waals surface area contributed by atoms with Crippen molar-refractivity contribution in [3.05, 3.63) is 0 Å². The third-order valence-electron chi connectivity index (χ3n) is 5.67. The summed E-state index contributed by atoms with van der Waals surface area (Å²) in [4.78, 5) is 2.64. The van der Waals surface area contributed by atoms with Crippen molar-refractivity contribution in [1.29, 1.82) is 0 Å². The van der Waals surface area contributed by atoms with Crippen LogP contribution in [0.5, 0.6) is 0 Å². The molecule has 1 heterocycles. The fourth-order valence-electron chi connectivity index (χ4n) is 4.04. The average Bonchev–Trinajstić information content (AvgIpc) is 2.94. The minimum Gasteiger partial charge on any atom is -0.381 e. The second kappa shape index (κ2) is 7.94. The molecule has 1 N–H and O–H groups in total. The van der Waals surface area contributed by atoms with Crippen LogP contribution in [0.2, 0.25) is 0 Å². The first kappa shape index (κ1) is 17.2. The molecular formula is C18H36N2O. The van der Waals surface area contributed by atoms with E-state index in [0.717, 1.165) is 31.7 Å². The van der Waals surface area contributed by atoms with E-state index < -0.39 is 0 Å². The molecule has 1 aliphatic carbocycles. The van der Waals surface area contributed by atoms with E-state index in [-0.39, 0.29) is 0 Å². The van der Waals surface area contributed by atoms with E-state index in [1.54, 1.807) is 0 Å². The highest BCUT2D eigenvalue weighted by atomic mass is 16.5. The largest absolute Gasteiger partial charge is 0.381 e. The summed E-state index contributed by atoms with van der Waals surface area (Å²) in [5.41, 5.74) is 0.334. The fourth-order valence-corrected chi connectivity index (χ4v) is 4.04. The molecule has 124 valence electrons. The van der Waals surface area contributed by atoms with Gasteiger partial charge in [0, 0.05) is 37.2 Å². The van der Waals surface area contributed by atoms with Crippen LogP contribution < -0.4 is 5.32 Å². The number of hydrogen-bond donors (Lipinski definition) is 1. The van der Waals surface area contributed by atoms with Gasteiger partial charge in [0.1, 0.15) is 0 Å². The maximum Gasteiger partial charge on any atom is 0.0547 e. The van der Waals surface area contributed by atoms with Gasteiger partial charge in [0.2, 0.25) is 0 Å². The zero-order valence-corrected chi connectivity index (χ0v) is 14.7. The monoisotopic (exact) mass is 296 g/mol. The Morgan fingerprint density at radius 3 is 2.48 bits per heavy atom. The van der Waals surface area contributed by atoms with Gasteiger partial charge in [-0.25, -0.2) is 0 Å². The molecule has 0 amide bonds. The number of nitrogens with one attached hydrogen (secondary N) is 1. The summed E-state index contributed by atoms with van der Waals surface area (Å²) in [7, 11) is 2.34. The highest BCUT2D eigenvalue weighted by Gasteiger charge is 2.37. The van der Waals surface area contributed by atoms with Gasteiger partial charge in [-0.2, -0.15) is 0 Å². The smallest absolute Gasteiger partial charge is 0.0547 e. The topological polar surface area (TPSA) is 24.5 Å². The Balaban J connectivity index is 1.85. The zero-order chi connectivity index (χ0) is 15.3. The number of rotatable bonds is 7. The summed E-state index contributed by atoms with van der Waals surface area (Å²) in [6, 6.07) is 1.36. The van der Waals surface area contributed by atoms with Gasteiger partial charge in [-0.1, -0.05) is 27.2 Å². The van der Waals surface area contributed by atoms with Gasteiger partial charge in [0.05, 0.1) is 6.61 Å². The standard InChI is InChI=1S/C18H36N2O/c1-5-16-6-8-17(9-7-16)20(4)13-18(10-11-21-14-18)12-19-15(2)3/h15-17,19H,5-14H2,1-4H3. The lowest BCUT2D eigenvalue weighted by atomic mass is 9.82. The third-order valence-corrected chi connectivity index (χ3v) is 5.67. The number of nitrogens with zero attached hydrogens (tertiary/aromatic N) is 1. The SMILES string of the molecule is CCC1CCC(N(C)CC2(CNC(C)C)CCOC2)CC1. The molecule has 0 spiro atoms. The summed E-state index contributed by atoms with van der Waals surface area (Å²) < 4.78 is 5.75. The molecule has 21 heavy (non-hydrogen) atoms. The average molecular weight is 296 g/mol. The molecule has 1 saturated carbocycles. The van der Waals surface area contributed by atoms with Crippen molar-refractivity contribution in [1.82, 2.24) is 10.2 Å². The summed E-state index contributed by atoms with van der Waals surface area (Å²) in [5.74, 6) is 0.987. The van der Waals surface area contributed by atoms with Crippen LogP contribution in [0.3, 0.4) is 0 Å². The van der Waals surface area contributed by atoms with E-state index in [4.69, 9.17) is 4.74 Å². The second-order valence-corrected chi connectivity index (χ2v) is 7.84. The molecule has 0 radical (unpaired) electrons. The van der Waals surface area contributed by atoms with Crippen molar-refractivity contribution in [2.45, 2.75) is 71.4 Å². The fraction of sp³-hybridized carbons (Fsp3) is 1.00. The Kier molecular flexibility index (Phi) is 6.51. The van der Waals surface area contributed by atoms with Crippen LogP contribution in [-0.2, 0) is 4.74 Å². The molecule has 2 fully saturated rings. The van der Waals surface area contributed by atoms with Crippen LogP contribution in [0.4, 0.5) is 0 Å². The lowest BCUT2D eigenvalue weighted by Gasteiger charge is -2.40. The van der Waals surface area contributed by atoms with Gasteiger partial charge >= 0.3 is 0 Å². The molecule has 3 nitrogen and oxygen atoms in total. The van der Waals surface area contributed by atoms with Crippen molar-refractivity contribution in [3.63, 3.8) is 0 Å². The molecule has 1 atom stereocenters. The zero-order valence-electron chi connectivity index (χ0n) is 14.7. The van der Waals surface area contributed by atoms with Crippen LogP contribution in [-0.4, -0.2) is 50.3 Å². The molecule has 0 aromatic heterocycles. The van der Waals surface area contributed by atoms with E-state index >= 15 is 0 Å². The first-order valence-corrected chi connectivity index (χ1v) is 9.06. The van der Waals surface area contributed by atoms with Crippen molar-refractivity contribution in [2.75, 3.05) is 33.4 Å². The molecule has 2 aliphatic rings. The summed E-state index contributed by atoms with van der Waals surface area (Å²) in [6.07, 6.45) is 8.22. The van der Waals surface area contributed by atoms with Gasteiger partial charge < -0.3 is 15.0 Å². The van der Waals surface area contributed by atoms with E-state index in [1.807, 2.05) is 0 Å². The first-order valence-electron chi connectivity index (χ1n) is 9.06. The molecule has 1 saturated heterocycles. The van der Waals surface area contributed by atoms with Crippen LogP contribution in [0.25, 0.3) is 0 Å². The molecular weight excluding hydrogens is 260 g/mol. The molecule has 1 aliphatic heterocycles.